The Kier molecular flexibility index (Phi) is 5.79. The van der Waals surface area contributed by atoms with Crippen LogP contribution in [-0.4, -0.2) is 39.8 Å². The van der Waals surface area contributed by atoms with Crippen LogP contribution in [0.1, 0.15) is 76.5 Å². The van der Waals surface area contributed by atoms with Crippen LogP contribution in [0.15, 0.2) is 30.3 Å². The highest BCUT2D eigenvalue weighted by atomic mass is 16.6. The van der Waals surface area contributed by atoms with E-state index in [2.05, 4.69) is 10.4 Å². The van der Waals surface area contributed by atoms with Crippen molar-refractivity contribution >= 4 is 29.4 Å². The first-order chi connectivity index (χ1) is 15.1. The molecule has 1 aliphatic carbocycles. The van der Waals surface area contributed by atoms with Gasteiger partial charge in [0.1, 0.15) is 11.4 Å². The molecule has 1 N–H and O–H groups in total. The van der Waals surface area contributed by atoms with Gasteiger partial charge in [0.2, 0.25) is 11.8 Å². The molecule has 1 saturated heterocycles. The molecular weight excluding hydrogens is 408 g/mol. The first-order valence-corrected chi connectivity index (χ1v) is 11.2. The summed E-state index contributed by atoms with van der Waals surface area (Å²) in [4.78, 5) is 39.4. The van der Waals surface area contributed by atoms with Crippen LogP contribution >= 0.6 is 0 Å². The molecule has 1 aliphatic heterocycles. The van der Waals surface area contributed by atoms with Crippen LogP contribution in [0.25, 0.3) is 0 Å². The smallest absolute Gasteiger partial charge is 0.437 e. The number of nitrogens with zero attached hydrogens (tertiary/aromatic N) is 3. The molecule has 2 heterocycles. The van der Waals surface area contributed by atoms with Gasteiger partial charge in [-0.2, -0.15) is 5.10 Å². The van der Waals surface area contributed by atoms with Gasteiger partial charge in [0.15, 0.2) is 0 Å². The number of hydrogen-bond donors (Lipinski definition) is 1. The van der Waals surface area contributed by atoms with Crippen LogP contribution in [0.5, 0.6) is 0 Å². The Morgan fingerprint density at radius 3 is 2.44 bits per heavy atom. The first kappa shape index (κ1) is 22.0. The van der Waals surface area contributed by atoms with Gasteiger partial charge in [-0.1, -0.05) is 12.1 Å². The van der Waals surface area contributed by atoms with E-state index in [-0.39, 0.29) is 11.8 Å². The van der Waals surface area contributed by atoms with E-state index in [0.29, 0.717) is 18.2 Å². The third-order valence-corrected chi connectivity index (χ3v) is 5.71. The van der Waals surface area contributed by atoms with E-state index in [1.165, 1.54) is 0 Å². The molecule has 2 fully saturated rings. The van der Waals surface area contributed by atoms with E-state index in [4.69, 9.17) is 4.74 Å². The Bertz CT molecular complexity index is 1030. The fourth-order valence-electron chi connectivity index (χ4n) is 3.76. The number of carbonyl (C=O) groups is 3. The van der Waals surface area contributed by atoms with Crippen molar-refractivity contribution in [2.24, 2.45) is 0 Å². The molecule has 1 aromatic carbocycles. The van der Waals surface area contributed by atoms with E-state index in [0.717, 1.165) is 47.4 Å². The zero-order valence-electron chi connectivity index (χ0n) is 19.1. The van der Waals surface area contributed by atoms with E-state index >= 15 is 0 Å². The molecule has 0 spiro atoms. The number of rotatable bonds is 5. The fraction of sp³-hybridized carbons (Fsp3) is 0.500. The second-order valence-corrected chi connectivity index (χ2v) is 9.57. The predicted octanol–water partition coefficient (Wildman–Crippen LogP) is 4.41. The molecule has 1 saturated carbocycles. The summed E-state index contributed by atoms with van der Waals surface area (Å²) in [6.45, 7) is 7.90. The average Bonchev–Trinajstić information content (AvgIpc) is 3.36. The summed E-state index contributed by atoms with van der Waals surface area (Å²) in [5.41, 5.74) is 1.79. The zero-order valence-corrected chi connectivity index (χ0v) is 19.1. The number of anilines is 2. The number of amides is 2. The summed E-state index contributed by atoms with van der Waals surface area (Å²) >= 11 is 0. The average molecular weight is 439 g/mol. The molecular formula is C24H30N4O4. The van der Waals surface area contributed by atoms with Gasteiger partial charge < -0.3 is 15.0 Å². The van der Waals surface area contributed by atoms with Gasteiger partial charge in [0.05, 0.1) is 11.6 Å². The molecule has 32 heavy (non-hydrogen) atoms. The maximum absolute atomic E-state index is 13.0. The van der Waals surface area contributed by atoms with Crippen molar-refractivity contribution in [2.45, 2.75) is 70.8 Å². The van der Waals surface area contributed by atoms with Crippen LogP contribution in [0.2, 0.25) is 0 Å². The molecule has 2 amide bonds. The third-order valence-electron chi connectivity index (χ3n) is 5.71. The van der Waals surface area contributed by atoms with E-state index in [9.17, 15) is 14.4 Å². The molecule has 8 nitrogen and oxygen atoms in total. The summed E-state index contributed by atoms with van der Waals surface area (Å²) in [6, 6.07) is 9.24. The highest BCUT2D eigenvalue weighted by Gasteiger charge is 2.31. The summed E-state index contributed by atoms with van der Waals surface area (Å²) in [6.07, 6.45) is 2.89. The van der Waals surface area contributed by atoms with Crippen molar-refractivity contribution in [1.29, 1.82) is 0 Å². The van der Waals surface area contributed by atoms with Gasteiger partial charge in [-0.05, 0) is 64.7 Å². The number of aromatic nitrogens is 2. The number of carbonyl (C=O) groups excluding carboxylic acids is 3. The van der Waals surface area contributed by atoms with E-state index < -0.39 is 17.6 Å². The standard InChI is InChI=1S/C24H30N4O4/c1-15(16-9-11-18(12-10-16)27-13-5-6-21(27)29)22(30)25-20-14-19(17-7-8-17)26-28(20)23(31)32-24(2,3)4/h9-12,14-15,17H,5-8,13H2,1-4H3,(H,25,30). The minimum atomic E-state index is -0.671. The van der Waals surface area contributed by atoms with Crippen molar-refractivity contribution in [3.8, 4) is 0 Å². The Labute approximate surface area is 187 Å². The van der Waals surface area contributed by atoms with Crippen molar-refractivity contribution in [1.82, 2.24) is 9.78 Å². The monoisotopic (exact) mass is 438 g/mol. The first-order valence-electron chi connectivity index (χ1n) is 11.2. The van der Waals surface area contributed by atoms with Crippen molar-refractivity contribution < 1.29 is 19.1 Å². The molecule has 0 bridgehead atoms. The maximum Gasteiger partial charge on any atom is 0.437 e. The summed E-state index contributed by atoms with van der Waals surface area (Å²) in [5.74, 6) is 0.0713. The van der Waals surface area contributed by atoms with Gasteiger partial charge in [-0.25, -0.2) is 4.79 Å². The highest BCUT2D eigenvalue weighted by Crippen LogP contribution is 2.40. The number of nitrogens with one attached hydrogen (secondary N) is 1. The largest absolute Gasteiger partial charge is 0.442 e. The van der Waals surface area contributed by atoms with Crippen LogP contribution < -0.4 is 10.2 Å². The molecule has 1 atom stereocenters. The Morgan fingerprint density at radius 2 is 1.88 bits per heavy atom. The second kappa shape index (κ2) is 8.41. The fourth-order valence-corrected chi connectivity index (χ4v) is 3.76. The molecule has 170 valence electrons. The van der Waals surface area contributed by atoms with E-state index in [1.807, 2.05) is 24.3 Å². The molecule has 1 aromatic heterocycles. The SMILES string of the molecule is CC(C(=O)Nc1cc(C2CC2)nn1C(=O)OC(C)(C)C)c1ccc(N2CCCC2=O)cc1. The van der Waals surface area contributed by atoms with E-state index in [1.54, 1.807) is 38.7 Å². The Morgan fingerprint density at radius 1 is 1.19 bits per heavy atom. The molecule has 2 aromatic rings. The quantitative estimate of drug-likeness (QED) is 0.746. The van der Waals surface area contributed by atoms with Crippen LogP contribution in [-0.2, 0) is 14.3 Å². The number of hydrogen-bond acceptors (Lipinski definition) is 5. The molecule has 1 unspecified atom stereocenters. The molecule has 4 rings (SSSR count). The lowest BCUT2D eigenvalue weighted by Crippen LogP contribution is -2.30. The third kappa shape index (κ3) is 4.84. The molecule has 8 heteroatoms. The molecule has 0 radical (unpaired) electrons. The van der Waals surface area contributed by atoms with Gasteiger partial charge in [0, 0.05) is 30.6 Å². The lowest BCUT2D eigenvalue weighted by Gasteiger charge is -2.20. The summed E-state index contributed by atoms with van der Waals surface area (Å²) in [7, 11) is 0. The predicted molar refractivity (Wildman–Crippen MR) is 121 cm³/mol. The second-order valence-electron chi connectivity index (χ2n) is 9.57. The Hall–Kier alpha value is -3.16. The highest BCUT2D eigenvalue weighted by molar-refractivity contribution is 5.97. The molecule has 2 aliphatic rings. The number of benzene rings is 1. The van der Waals surface area contributed by atoms with Gasteiger partial charge in [-0.3, -0.25) is 9.59 Å². The van der Waals surface area contributed by atoms with Crippen molar-refractivity contribution in [3.63, 3.8) is 0 Å². The van der Waals surface area contributed by atoms with Crippen LogP contribution in [0.3, 0.4) is 0 Å². The topological polar surface area (TPSA) is 93.5 Å². The van der Waals surface area contributed by atoms with Crippen LogP contribution in [0, 0.1) is 0 Å². The van der Waals surface area contributed by atoms with Crippen molar-refractivity contribution in [3.05, 3.63) is 41.6 Å². The van der Waals surface area contributed by atoms with Crippen molar-refractivity contribution in [2.75, 3.05) is 16.8 Å². The number of ether oxygens (including phenoxy) is 1. The van der Waals surface area contributed by atoms with Gasteiger partial charge in [-0.15, -0.1) is 4.68 Å². The lowest BCUT2D eigenvalue weighted by molar-refractivity contribution is -0.118. The maximum atomic E-state index is 13.0. The van der Waals surface area contributed by atoms with Crippen LogP contribution in [0.4, 0.5) is 16.3 Å². The summed E-state index contributed by atoms with van der Waals surface area (Å²) < 4.78 is 6.60. The minimum absolute atomic E-state index is 0.130. The lowest BCUT2D eigenvalue weighted by atomic mass is 10.00. The minimum Gasteiger partial charge on any atom is -0.442 e. The zero-order chi connectivity index (χ0) is 23.0. The van der Waals surface area contributed by atoms with Gasteiger partial charge in [0.25, 0.3) is 0 Å². The normalized spacial score (nSPS) is 17.4. The van der Waals surface area contributed by atoms with Gasteiger partial charge >= 0.3 is 6.09 Å². The summed E-state index contributed by atoms with van der Waals surface area (Å²) in [5, 5.41) is 7.25. The Balaban J connectivity index is 1.49.